The van der Waals surface area contributed by atoms with E-state index in [2.05, 4.69) is 24.1 Å². The van der Waals surface area contributed by atoms with Gasteiger partial charge in [-0.3, -0.25) is 9.79 Å². The number of nitrogens with one attached hydrogen (secondary N) is 1. The highest BCUT2D eigenvalue weighted by Gasteiger charge is 2.30. The molecule has 0 aromatic carbocycles. The van der Waals surface area contributed by atoms with Crippen LogP contribution in [0.3, 0.4) is 0 Å². The zero-order valence-corrected chi connectivity index (χ0v) is 15.4. The van der Waals surface area contributed by atoms with Crippen LogP contribution in [0.5, 0.6) is 0 Å². The summed E-state index contributed by atoms with van der Waals surface area (Å²) < 4.78 is 5.53. The summed E-state index contributed by atoms with van der Waals surface area (Å²) in [6.07, 6.45) is 6.63. The van der Waals surface area contributed by atoms with Gasteiger partial charge in [0.05, 0.1) is 0 Å². The van der Waals surface area contributed by atoms with Crippen LogP contribution in [0.25, 0.3) is 0 Å². The van der Waals surface area contributed by atoms with Gasteiger partial charge in [0.2, 0.25) is 0 Å². The lowest BCUT2D eigenvalue weighted by Gasteiger charge is -2.37. The lowest BCUT2D eigenvalue weighted by atomic mass is 10.2. The van der Waals surface area contributed by atoms with E-state index in [1.807, 2.05) is 4.90 Å². The van der Waals surface area contributed by atoms with Crippen molar-refractivity contribution in [3.8, 4) is 0 Å². The molecule has 1 amide bonds. The molecule has 0 aliphatic carbocycles. The van der Waals surface area contributed by atoms with Gasteiger partial charge in [-0.25, -0.2) is 0 Å². The van der Waals surface area contributed by atoms with Crippen molar-refractivity contribution < 1.29 is 9.53 Å². The standard InChI is InChI=1S/C18H34N4O2/c1-3-5-6-7-10-20-18(19-4-2)22-13-11-21(12-14-22)17(23)16-9-8-15-24-16/h16H,3-15H2,1-2H3,(H,19,20). The number of hydrogen-bond acceptors (Lipinski definition) is 3. The molecule has 2 aliphatic heterocycles. The van der Waals surface area contributed by atoms with Crippen LogP contribution in [-0.4, -0.2) is 73.6 Å². The molecule has 2 heterocycles. The number of rotatable bonds is 7. The molecule has 1 N–H and O–H groups in total. The Kier molecular flexibility index (Phi) is 8.36. The molecule has 1 atom stereocenters. The van der Waals surface area contributed by atoms with Crippen LogP contribution in [0, 0.1) is 0 Å². The molecule has 138 valence electrons. The summed E-state index contributed by atoms with van der Waals surface area (Å²) in [6, 6.07) is 0. The molecule has 0 radical (unpaired) electrons. The maximum absolute atomic E-state index is 12.4. The second-order valence-corrected chi connectivity index (χ2v) is 6.61. The van der Waals surface area contributed by atoms with Gasteiger partial charge in [0.15, 0.2) is 5.96 Å². The number of unbranched alkanes of at least 4 members (excludes halogenated alkanes) is 3. The minimum Gasteiger partial charge on any atom is -0.368 e. The van der Waals surface area contributed by atoms with Gasteiger partial charge >= 0.3 is 0 Å². The number of piperazine rings is 1. The van der Waals surface area contributed by atoms with Crippen molar-refractivity contribution in [1.29, 1.82) is 0 Å². The zero-order chi connectivity index (χ0) is 17.2. The van der Waals surface area contributed by atoms with Crippen molar-refractivity contribution in [3.63, 3.8) is 0 Å². The molecule has 0 bridgehead atoms. The number of guanidine groups is 1. The van der Waals surface area contributed by atoms with Gasteiger partial charge in [-0.1, -0.05) is 26.2 Å². The Morgan fingerprint density at radius 3 is 2.50 bits per heavy atom. The number of ether oxygens (including phenoxy) is 1. The smallest absolute Gasteiger partial charge is 0.251 e. The number of carbonyl (C=O) groups is 1. The van der Waals surface area contributed by atoms with E-state index in [-0.39, 0.29) is 12.0 Å². The van der Waals surface area contributed by atoms with E-state index in [0.29, 0.717) is 0 Å². The summed E-state index contributed by atoms with van der Waals surface area (Å²) in [6.45, 7) is 10.0. The molecule has 24 heavy (non-hydrogen) atoms. The van der Waals surface area contributed by atoms with Gasteiger partial charge < -0.3 is 19.9 Å². The second kappa shape index (κ2) is 10.5. The Morgan fingerprint density at radius 2 is 1.88 bits per heavy atom. The van der Waals surface area contributed by atoms with Gasteiger partial charge in [0, 0.05) is 45.9 Å². The third kappa shape index (κ3) is 5.65. The molecule has 0 aromatic rings. The van der Waals surface area contributed by atoms with E-state index in [9.17, 15) is 4.79 Å². The number of hydrogen-bond donors (Lipinski definition) is 1. The zero-order valence-electron chi connectivity index (χ0n) is 15.4. The summed E-state index contributed by atoms with van der Waals surface area (Å²) in [5.74, 6) is 1.17. The van der Waals surface area contributed by atoms with Crippen LogP contribution in [0.2, 0.25) is 0 Å². The third-order valence-corrected chi connectivity index (χ3v) is 4.70. The Hall–Kier alpha value is -1.30. The molecule has 2 saturated heterocycles. The molecule has 1 unspecified atom stereocenters. The van der Waals surface area contributed by atoms with Crippen LogP contribution >= 0.6 is 0 Å². The highest BCUT2D eigenvalue weighted by atomic mass is 16.5. The molecular weight excluding hydrogens is 304 g/mol. The Labute approximate surface area is 146 Å². The molecule has 0 saturated carbocycles. The lowest BCUT2D eigenvalue weighted by Crippen LogP contribution is -2.55. The van der Waals surface area contributed by atoms with Crippen molar-refractivity contribution in [3.05, 3.63) is 0 Å². The van der Waals surface area contributed by atoms with E-state index in [4.69, 9.17) is 9.73 Å². The van der Waals surface area contributed by atoms with Gasteiger partial charge in [-0.2, -0.15) is 0 Å². The molecule has 0 aromatic heterocycles. The predicted molar refractivity (Wildman–Crippen MR) is 97.2 cm³/mol. The molecular formula is C18H34N4O2. The van der Waals surface area contributed by atoms with Gasteiger partial charge in [0.1, 0.15) is 6.10 Å². The maximum Gasteiger partial charge on any atom is 0.251 e. The number of nitrogens with zero attached hydrogens (tertiary/aromatic N) is 3. The van der Waals surface area contributed by atoms with Gasteiger partial charge in [0.25, 0.3) is 5.91 Å². The van der Waals surface area contributed by atoms with Crippen molar-refractivity contribution in [2.24, 2.45) is 4.99 Å². The fourth-order valence-corrected chi connectivity index (χ4v) is 3.26. The normalized spacial score (nSPS) is 22.1. The molecule has 6 heteroatoms. The molecule has 2 rings (SSSR count). The molecule has 2 fully saturated rings. The average Bonchev–Trinajstić information content (AvgIpc) is 3.15. The van der Waals surface area contributed by atoms with E-state index in [1.165, 1.54) is 19.3 Å². The Morgan fingerprint density at radius 1 is 1.12 bits per heavy atom. The summed E-state index contributed by atoms with van der Waals surface area (Å²) in [5, 5.41) is 3.39. The lowest BCUT2D eigenvalue weighted by molar-refractivity contribution is -0.142. The van der Waals surface area contributed by atoms with Crippen molar-refractivity contribution >= 4 is 11.9 Å². The van der Waals surface area contributed by atoms with Crippen LogP contribution in [-0.2, 0) is 9.53 Å². The van der Waals surface area contributed by atoms with Crippen LogP contribution in [0.1, 0.15) is 52.4 Å². The van der Waals surface area contributed by atoms with Crippen LogP contribution in [0.15, 0.2) is 4.99 Å². The van der Waals surface area contributed by atoms with Gasteiger partial charge in [-0.15, -0.1) is 0 Å². The Balaban J connectivity index is 1.78. The third-order valence-electron chi connectivity index (χ3n) is 4.70. The van der Waals surface area contributed by atoms with Crippen molar-refractivity contribution in [2.75, 3.05) is 45.9 Å². The number of amides is 1. The highest BCUT2D eigenvalue weighted by molar-refractivity contribution is 5.82. The van der Waals surface area contributed by atoms with Crippen LogP contribution in [0.4, 0.5) is 0 Å². The minimum atomic E-state index is -0.197. The van der Waals surface area contributed by atoms with E-state index >= 15 is 0 Å². The van der Waals surface area contributed by atoms with E-state index in [0.717, 1.165) is 71.1 Å². The maximum atomic E-state index is 12.4. The average molecular weight is 338 g/mol. The quantitative estimate of drug-likeness (QED) is 0.437. The summed E-state index contributed by atoms with van der Waals surface area (Å²) in [5.41, 5.74) is 0. The first-order valence-corrected chi connectivity index (χ1v) is 9.70. The summed E-state index contributed by atoms with van der Waals surface area (Å²) in [4.78, 5) is 21.4. The second-order valence-electron chi connectivity index (χ2n) is 6.61. The van der Waals surface area contributed by atoms with Crippen LogP contribution < -0.4 is 5.32 Å². The minimum absolute atomic E-state index is 0.175. The monoisotopic (exact) mass is 338 g/mol. The Bertz CT molecular complexity index is 400. The highest BCUT2D eigenvalue weighted by Crippen LogP contribution is 2.16. The topological polar surface area (TPSA) is 57.2 Å². The fourth-order valence-electron chi connectivity index (χ4n) is 3.26. The van der Waals surface area contributed by atoms with E-state index < -0.39 is 0 Å². The fraction of sp³-hybridized carbons (Fsp3) is 0.889. The SMILES string of the molecule is CCCCCCN=C(NCC)N1CCN(C(=O)C2CCCO2)CC1. The summed E-state index contributed by atoms with van der Waals surface area (Å²) in [7, 11) is 0. The molecule has 0 spiro atoms. The van der Waals surface area contributed by atoms with Crippen molar-refractivity contribution in [2.45, 2.75) is 58.5 Å². The van der Waals surface area contributed by atoms with Gasteiger partial charge in [-0.05, 0) is 26.2 Å². The summed E-state index contributed by atoms with van der Waals surface area (Å²) >= 11 is 0. The first-order chi connectivity index (χ1) is 11.8. The predicted octanol–water partition coefficient (Wildman–Crippen LogP) is 1.86. The molecule has 2 aliphatic rings. The molecule has 6 nitrogen and oxygen atoms in total. The largest absolute Gasteiger partial charge is 0.368 e. The van der Waals surface area contributed by atoms with E-state index in [1.54, 1.807) is 0 Å². The first-order valence-electron chi connectivity index (χ1n) is 9.70. The number of carbonyl (C=O) groups excluding carboxylic acids is 1. The number of aliphatic imine (C=N–C) groups is 1. The first kappa shape index (κ1) is 19.0. The van der Waals surface area contributed by atoms with Crippen molar-refractivity contribution in [1.82, 2.24) is 15.1 Å².